The number of carbonyl (C=O) groups excluding carboxylic acids is 1. The van der Waals surface area contributed by atoms with E-state index in [2.05, 4.69) is 5.32 Å². The molecule has 1 aromatic rings. The third kappa shape index (κ3) is 3.56. The monoisotopic (exact) mass is 310 g/mol. The number of nitrogens with zero attached hydrogens (tertiary/aromatic N) is 1. The van der Waals surface area contributed by atoms with Crippen molar-refractivity contribution >= 4 is 21.6 Å². The third-order valence-corrected chi connectivity index (χ3v) is 5.72. The standard InChI is InChI=1S/C15H22N2O3S/c1-4-15(2,3)16-14(18)12-6-8-13(9-7-12)17-10-5-11-21(17,19)20/h6-9H,4-5,10-11H2,1-3H3,(H,16,18). The highest BCUT2D eigenvalue weighted by molar-refractivity contribution is 7.93. The van der Waals surface area contributed by atoms with Gasteiger partial charge < -0.3 is 5.32 Å². The lowest BCUT2D eigenvalue weighted by Gasteiger charge is -2.24. The molecule has 2 rings (SSSR count). The molecule has 1 aromatic carbocycles. The van der Waals surface area contributed by atoms with Gasteiger partial charge in [-0.2, -0.15) is 0 Å². The molecule has 0 unspecified atom stereocenters. The first kappa shape index (κ1) is 15.8. The number of amides is 1. The first-order valence-electron chi connectivity index (χ1n) is 7.18. The molecule has 1 N–H and O–H groups in total. The van der Waals surface area contributed by atoms with E-state index in [0.717, 1.165) is 6.42 Å². The number of benzene rings is 1. The van der Waals surface area contributed by atoms with E-state index < -0.39 is 10.0 Å². The van der Waals surface area contributed by atoms with Gasteiger partial charge in [0, 0.05) is 17.6 Å². The quantitative estimate of drug-likeness (QED) is 0.926. The predicted octanol–water partition coefficient (Wildman–Crippen LogP) is 2.14. The zero-order valence-corrected chi connectivity index (χ0v) is 13.5. The summed E-state index contributed by atoms with van der Waals surface area (Å²) in [4.78, 5) is 12.1. The molecule has 0 aromatic heterocycles. The van der Waals surface area contributed by atoms with Crippen molar-refractivity contribution in [2.75, 3.05) is 16.6 Å². The minimum atomic E-state index is -3.17. The summed E-state index contributed by atoms with van der Waals surface area (Å²) in [5.41, 5.74) is 0.907. The van der Waals surface area contributed by atoms with Gasteiger partial charge in [-0.1, -0.05) is 6.92 Å². The lowest BCUT2D eigenvalue weighted by Crippen LogP contribution is -2.42. The highest BCUT2D eigenvalue weighted by atomic mass is 32.2. The molecule has 116 valence electrons. The van der Waals surface area contributed by atoms with E-state index in [-0.39, 0.29) is 17.2 Å². The van der Waals surface area contributed by atoms with Crippen LogP contribution >= 0.6 is 0 Å². The Balaban J connectivity index is 2.14. The molecule has 0 spiro atoms. The lowest BCUT2D eigenvalue weighted by molar-refractivity contribution is 0.0911. The molecular formula is C15H22N2O3S. The Morgan fingerprint density at radius 3 is 2.38 bits per heavy atom. The molecule has 0 atom stereocenters. The average Bonchev–Trinajstić information content (AvgIpc) is 2.78. The van der Waals surface area contributed by atoms with Crippen molar-refractivity contribution in [3.8, 4) is 0 Å². The highest BCUT2D eigenvalue weighted by Crippen LogP contribution is 2.24. The van der Waals surface area contributed by atoms with Gasteiger partial charge in [0.2, 0.25) is 10.0 Å². The fraction of sp³-hybridized carbons (Fsp3) is 0.533. The normalized spacial score (nSPS) is 17.8. The summed E-state index contributed by atoms with van der Waals surface area (Å²) >= 11 is 0. The van der Waals surface area contributed by atoms with Gasteiger partial charge in [-0.25, -0.2) is 8.42 Å². The van der Waals surface area contributed by atoms with Gasteiger partial charge >= 0.3 is 0 Å². The fourth-order valence-corrected chi connectivity index (χ4v) is 3.74. The molecular weight excluding hydrogens is 288 g/mol. The number of hydrogen-bond acceptors (Lipinski definition) is 3. The van der Waals surface area contributed by atoms with E-state index in [9.17, 15) is 13.2 Å². The van der Waals surface area contributed by atoms with E-state index in [1.807, 2.05) is 20.8 Å². The summed E-state index contributed by atoms with van der Waals surface area (Å²) in [5, 5.41) is 2.96. The number of nitrogens with one attached hydrogen (secondary N) is 1. The van der Waals surface area contributed by atoms with Gasteiger partial charge in [0.1, 0.15) is 0 Å². The molecule has 1 fully saturated rings. The van der Waals surface area contributed by atoms with E-state index in [4.69, 9.17) is 0 Å². The Morgan fingerprint density at radius 2 is 1.90 bits per heavy atom. The smallest absolute Gasteiger partial charge is 0.251 e. The van der Waals surface area contributed by atoms with Crippen molar-refractivity contribution in [2.24, 2.45) is 0 Å². The number of hydrogen-bond donors (Lipinski definition) is 1. The lowest BCUT2D eigenvalue weighted by atomic mass is 10.0. The third-order valence-electron chi connectivity index (χ3n) is 3.85. The Bertz CT molecular complexity index is 621. The topological polar surface area (TPSA) is 66.5 Å². The first-order chi connectivity index (χ1) is 9.75. The molecule has 5 nitrogen and oxygen atoms in total. The maximum atomic E-state index is 12.1. The van der Waals surface area contributed by atoms with Crippen molar-refractivity contribution in [1.82, 2.24) is 5.32 Å². The fourth-order valence-electron chi connectivity index (χ4n) is 2.18. The summed E-state index contributed by atoms with van der Waals surface area (Å²) in [7, 11) is -3.17. The van der Waals surface area contributed by atoms with Crippen LogP contribution in [0.1, 0.15) is 44.0 Å². The Morgan fingerprint density at radius 1 is 1.29 bits per heavy atom. The number of rotatable bonds is 4. The largest absolute Gasteiger partial charge is 0.347 e. The molecule has 1 amide bonds. The first-order valence-corrected chi connectivity index (χ1v) is 8.79. The van der Waals surface area contributed by atoms with Gasteiger partial charge in [-0.15, -0.1) is 0 Å². The average molecular weight is 310 g/mol. The van der Waals surface area contributed by atoms with Crippen LogP contribution in [0.5, 0.6) is 0 Å². The van der Waals surface area contributed by atoms with Crippen LogP contribution in [0.3, 0.4) is 0 Å². The molecule has 1 aliphatic rings. The van der Waals surface area contributed by atoms with Crippen molar-refractivity contribution in [2.45, 2.75) is 39.2 Å². The highest BCUT2D eigenvalue weighted by Gasteiger charge is 2.28. The minimum absolute atomic E-state index is 0.141. The van der Waals surface area contributed by atoms with Crippen LogP contribution in [-0.2, 0) is 10.0 Å². The maximum Gasteiger partial charge on any atom is 0.251 e. The summed E-state index contributed by atoms with van der Waals surface area (Å²) in [6, 6.07) is 6.72. The minimum Gasteiger partial charge on any atom is -0.347 e. The molecule has 6 heteroatoms. The van der Waals surface area contributed by atoms with Crippen LogP contribution in [0.4, 0.5) is 5.69 Å². The van der Waals surface area contributed by atoms with Crippen molar-refractivity contribution in [1.29, 1.82) is 0 Å². The molecule has 1 saturated heterocycles. The van der Waals surface area contributed by atoms with Gasteiger partial charge in [0.25, 0.3) is 5.91 Å². The summed E-state index contributed by atoms with van der Waals surface area (Å²) in [6.45, 7) is 6.46. The van der Waals surface area contributed by atoms with Crippen LogP contribution in [0, 0.1) is 0 Å². The van der Waals surface area contributed by atoms with Crippen molar-refractivity contribution in [3.63, 3.8) is 0 Å². The summed E-state index contributed by atoms with van der Waals surface area (Å²) < 4.78 is 25.1. The predicted molar refractivity (Wildman–Crippen MR) is 84.0 cm³/mol. The summed E-state index contributed by atoms with van der Waals surface area (Å²) in [6.07, 6.45) is 1.48. The molecule has 0 saturated carbocycles. The van der Waals surface area contributed by atoms with Crippen LogP contribution in [-0.4, -0.2) is 32.2 Å². The van der Waals surface area contributed by atoms with Crippen molar-refractivity contribution in [3.05, 3.63) is 29.8 Å². The number of sulfonamides is 1. The maximum absolute atomic E-state index is 12.1. The Hall–Kier alpha value is -1.56. The molecule has 0 aliphatic carbocycles. The van der Waals surface area contributed by atoms with Crippen molar-refractivity contribution < 1.29 is 13.2 Å². The van der Waals surface area contributed by atoms with Gasteiger partial charge in [0.15, 0.2) is 0 Å². The Labute approximate surface area is 126 Å². The second-order valence-electron chi connectivity index (χ2n) is 5.98. The van der Waals surface area contributed by atoms with E-state index >= 15 is 0 Å². The zero-order chi connectivity index (χ0) is 15.7. The van der Waals surface area contributed by atoms with Gasteiger partial charge in [0.05, 0.1) is 11.4 Å². The zero-order valence-electron chi connectivity index (χ0n) is 12.7. The molecule has 0 radical (unpaired) electrons. The van der Waals surface area contributed by atoms with Crippen LogP contribution in [0.15, 0.2) is 24.3 Å². The van der Waals surface area contributed by atoms with Crippen LogP contribution < -0.4 is 9.62 Å². The number of carbonyl (C=O) groups is 1. The van der Waals surface area contributed by atoms with E-state index in [1.54, 1.807) is 24.3 Å². The SMILES string of the molecule is CCC(C)(C)NC(=O)c1ccc(N2CCCS2(=O)=O)cc1. The molecule has 1 heterocycles. The Kier molecular flexibility index (Phi) is 4.27. The van der Waals surface area contributed by atoms with Gasteiger partial charge in [-0.3, -0.25) is 9.10 Å². The molecule has 1 aliphatic heterocycles. The van der Waals surface area contributed by atoms with E-state index in [1.165, 1.54) is 4.31 Å². The second kappa shape index (κ2) is 5.67. The second-order valence-corrected chi connectivity index (χ2v) is 7.99. The van der Waals surface area contributed by atoms with Gasteiger partial charge in [-0.05, 0) is 51.0 Å². The molecule has 0 bridgehead atoms. The molecule has 21 heavy (non-hydrogen) atoms. The summed E-state index contributed by atoms with van der Waals surface area (Å²) in [5.74, 6) is 0.0533. The van der Waals surface area contributed by atoms with E-state index in [0.29, 0.717) is 24.2 Å². The number of anilines is 1. The van der Waals surface area contributed by atoms with Crippen LogP contribution in [0.25, 0.3) is 0 Å². The van der Waals surface area contributed by atoms with Crippen LogP contribution in [0.2, 0.25) is 0 Å².